The van der Waals surface area contributed by atoms with E-state index in [1.165, 1.54) is 0 Å². The van der Waals surface area contributed by atoms with Crippen LogP contribution in [-0.2, 0) is 7.05 Å². The predicted molar refractivity (Wildman–Crippen MR) is 80.2 cm³/mol. The summed E-state index contributed by atoms with van der Waals surface area (Å²) in [6, 6.07) is 5.50. The Morgan fingerprint density at radius 1 is 1.21 bits per heavy atom. The summed E-state index contributed by atoms with van der Waals surface area (Å²) < 4.78 is 1.76. The summed E-state index contributed by atoms with van der Waals surface area (Å²) in [4.78, 5) is 0. The van der Waals surface area contributed by atoms with Crippen molar-refractivity contribution in [2.24, 2.45) is 7.05 Å². The van der Waals surface area contributed by atoms with E-state index in [1.54, 1.807) is 16.9 Å². The second-order valence-electron chi connectivity index (χ2n) is 4.17. The summed E-state index contributed by atoms with van der Waals surface area (Å²) >= 11 is 18.3. The highest BCUT2D eigenvalue weighted by Crippen LogP contribution is 2.31. The van der Waals surface area contributed by atoms with Gasteiger partial charge in [0.2, 0.25) is 0 Å². The molecule has 0 saturated carbocycles. The van der Waals surface area contributed by atoms with Crippen molar-refractivity contribution in [1.82, 2.24) is 15.1 Å². The Morgan fingerprint density at radius 3 is 2.47 bits per heavy atom. The molecule has 0 aliphatic rings. The summed E-state index contributed by atoms with van der Waals surface area (Å²) in [5.41, 5.74) is 1.91. The molecule has 102 valence electrons. The minimum absolute atomic E-state index is 0.0697. The van der Waals surface area contributed by atoms with E-state index in [2.05, 4.69) is 10.4 Å². The van der Waals surface area contributed by atoms with Crippen molar-refractivity contribution >= 4 is 34.8 Å². The molecule has 1 aromatic carbocycles. The van der Waals surface area contributed by atoms with Crippen LogP contribution < -0.4 is 5.32 Å². The minimum Gasteiger partial charge on any atom is -0.305 e. The summed E-state index contributed by atoms with van der Waals surface area (Å²) in [6.45, 7) is 2.83. The zero-order chi connectivity index (χ0) is 14.0. The Hall–Kier alpha value is -0.740. The van der Waals surface area contributed by atoms with Crippen molar-refractivity contribution in [2.45, 2.75) is 13.0 Å². The number of halogens is 3. The van der Waals surface area contributed by atoms with Gasteiger partial charge in [-0.2, -0.15) is 5.10 Å². The van der Waals surface area contributed by atoms with Crippen LogP contribution in [0.3, 0.4) is 0 Å². The molecule has 1 N–H and O–H groups in total. The van der Waals surface area contributed by atoms with Crippen LogP contribution in [0.1, 0.15) is 24.2 Å². The topological polar surface area (TPSA) is 29.9 Å². The van der Waals surface area contributed by atoms with Gasteiger partial charge in [-0.1, -0.05) is 47.8 Å². The first-order chi connectivity index (χ1) is 9.04. The fourth-order valence-corrected chi connectivity index (χ4v) is 2.59. The summed E-state index contributed by atoms with van der Waals surface area (Å²) in [6.07, 6.45) is 1.64. The number of nitrogens with one attached hydrogen (secondary N) is 1. The first-order valence-electron chi connectivity index (χ1n) is 5.90. The van der Waals surface area contributed by atoms with Crippen molar-refractivity contribution in [3.8, 4) is 0 Å². The van der Waals surface area contributed by atoms with Gasteiger partial charge in [-0.15, -0.1) is 0 Å². The maximum absolute atomic E-state index is 6.21. The number of benzene rings is 1. The smallest absolute Gasteiger partial charge is 0.0837 e. The van der Waals surface area contributed by atoms with Gasteiger partial charge in [-0.3, -0.25) is 4.68 Å². The van der Waals surface area contributed by atoms with E-state index in [4.69, 9.17) is 34.8 Å². The molecule has 1 unspecified atom stereocenters. The van der Waals surface area contributed by atoms with Crippen LogP contribution in [-0.4, -0.2) is 16.3 Å². The Labute approximate surface area is 127 Å². The van der Waals surface area contributed by atoms with Gasteiger partial charge in [0.15, 0.2) is 0 Å². The maximum atomic E-state index is 6.21. The molecule has 0 radical (unpaired) electrons. The van der Waals surface area contributed by atoms with Crippen LogP contribution in [0.15, 0.2) is 24.4 Å². The van der Waals surface area contributed by atoms with E-state index in [-0.39, 0.29) is 6.04 Å². The van der Waals surface area contributed by atoms with Crippen molar-refractivity contribution in [3.63, 3.8) is 0 Å². The zero-order valence-corrected chi connectivity index (χ0v) is 12.9. The van der Waals surface area contributed by atoms with Gasteiger partial charge in [0.25, 0.3) is 0 Å². The number of aromatic nitrogens is 2. The van der Waals surface area contributed by atoms with Crippen LogP contribution in [0.25, 0.3) is 0 Å². The van der Waals surface area contributed by atoms with Gasteiger partial charge in [-0.05, 0) is 24.2 Å². The monoisotopic (exact) mass is 317 g/mol. The maximum Gasteiger partial charge on any atom is 0.0837 e. The first-order valence-corrected chi connectivity index (χ1v) is 7.03. The van der Waals surface area contributed by atoms with Gasteiger partial charge in [0.05, 0.1) is 33.0 Å². The molecule has 1 heterocycles. The van der Waals surface area contributed by atoms with Crippen LogP contribution in [0.2, 0.25) is 15.1 Å². The number of hydrogen-bond donors (Lipinski definition) is 1. The van der Waals surface area contributed by atoms with Crippen molar-refractivity contribution in [1.29, 1.82) is 0 Å². The molecule has 6 heteroatoms. The number of nitrogens with zero attached hydrogens (tertiary/aromatic N) is 2. The lowest BCUT2D eigenvalue weighted by molar-refractivity contribution is 0.573. The fraction of sp³-hybridized carbons (Fsp3) is 0.308. The summed E-state index contributed by atoms with van der Waals surface area (Å²) in [7, 11) is 1.86. The molecule has 2 aromatic rings. The summed E-state index contributed by atoms with van der Waals surface area (Å²) in [5.74, 6) is 0. The van der Waals surface area contributed by atoms with Crippen molar-refractivity contribution in [2.75, 3.05) is 6.54 Å². The number of hydrogen-bond acceptors (Lipinski definition) is 2. The average molecular weight is 319 g/mol. The third-order valence-electron chi connectivity index (χ3n) is 2.90. The number of rotatable bonds is 4. The molecule has 1 atom stereocenters. The lowest BCUT2D eigenvalue weighted by Crippen LogP contribution is -2.24. The second-order valence-corrected chi connectivity index (χ2v) is 5.39. The third-order valence-corrected chi connectivity index (χ3v) is 3.93. The van der Waals surface area contributed by atoms with Crippen LogP contribution >= 0.6 is 34.8 Å². The molecule has 0 aliphatic heterocycles. The molecule has 0 saturated heterocycles. The Morgan fingerprint density at radius 2 is 1.95 bits per heavy atom. The molecule has 1 aromatic heterocycles. The fourth-order valence-electron chi connectivity index (χ4n) is 2.01. The van der Waals surface area contributed by atoms with Crippen LogP contribution in [0, 0.1) is 0 Å². The quantitative estimate of drug-likeness (QED) is 0.920. The normalized spacial score (nSPS) is 12.7. The molecule has 19 heavy (non-hydrogen) atoms. The van der Waals surface area contributed by atoms with Crippen LogP contribution in [0.4, 0.5) is 0 Å². The molecule has 0 bridgehead atoms. The van der Waals surface area contributed by atoms with E-state index in [1.807, 2.05) is 26.1 Å². The number of aryl methyl sites for hydroxylation is 1. The molecule has 0 fully saturated rings. The van der Waals surface area contributed by atoms with Crippen molar-refractivity contribution in [3.05, 3.63) is 50.7 Å². The van der Waals surface area contributed by atoms with E-state index in [9.17, 15) is 0 Å². The molecule has 0 spiro atoms. The standard InChI is InChI=1S/C13H14Cl3N3/c1-3-17-12(13-11(16)7-18-19(13)2)8-4-5-9(14)10(15)6-8/h4-7,12,17H,3H2,1-2H3. The van der Waals surface area contributed by atoms with E-state index >= 15 is 0 Å². The third kappa shape index (κ3) is 3.06. The second kappa shape index (κ2) is 6.14. The minimum atomic E-state index is -0.0697. The van der Waals surface area contributed by atoms with Gasteiger partial charge in [0, 0.05) is 7.05 Å². The Kier molecular flexibility index (Phi) is 4.74. The molecular formula is C13H14Cl3N3. The van der Waals surface area contributed by atoms with Gasteiger partial charge >= 0.3 is 0 Å². The first kappa shape index (κ1) is 14.7. The largest absolute Gasteiger partial charge is 0.305 e. The lowest BCUT2D eigenvalue weighted by atomic mass is 10.0. The molecular weight excluding hydrogens is 305 g/mol. The highest BCUT2D eigenvalue weighted by Gasteiger charge is 2.20. The molecule has 0 amide bonds. The van der Waals surface area contributed by atoms with E-state index < -0.39 is 0 Å². The molecule has 0 aliphatic carbocycles. The van der Waals surface area contributed by atoms with E-state index in [0.29, 0.717) is 15.1 Å². The van der Waals surface area contributed by atoms with Gasteiger partial charge < -0.3 is 5.32 Å². The SMILES string of the molecule is CCNC(c1ccc(Cl)c(Cl)c1)c1c(Cl)cnn1C. The van der Waals surface area contributed by atoms with Crippen LogP contribution in [0.5, 0.6) is 0 Å². The van der Waals surface area contributed by atoms with E-state index in [0.717, 1.165) is 17.8 Å². The Bertz CT molecular complexity index is 561. The summed E-state index contributed by atoms with van der Waals surface area (Å²) in [5, 5.41) is 9.24. The zero-order valence-electron chi connectivity index (χ0n) is 10.6. The molecule has 2 rings (SSSR count). The average Bonchev–Trinajstić information content (AvgIpc) is 2.70. The van der Waals surface area contributed by atoms with Gasteiger partial charge in [-0.25, -0.2) is 0 Å². The predicted octanol–water partition coefficient (Wildman–Crippen LogP) is 4.08. The van der Waals surface area contributed by atoms with Gasteiger partial charge in [0.1, 0.15) is 0 Å². The molecule has 3 nitrogen and oxygen atoms in total. The highest BCUT2D eigenvalue weighted by molar-refractivity contribution is 6.42. The van der Waals surface area contributed by atoms with Crippen molar-refractivity contribution < 1.29 is 0 Å². The lowest BCUT2D eigenvalue weighted by Gasteiger charge is -2.20. The Balaban J connectivity index is 2.48. The highest BCUT2D eigenvalue weighted by atomic mass is 35.5.